The van der Waals surface area contributed by atoms with Crippen LogP contribution in [0.25, 0.3) is 22.2 Å². The summed E-state index contributed by atoms with van der Waals surface area (Å²) in [4.78, 5) is 19.2. The molecule has 1 aromatic carbocycles. The second-order valence-electron chi connectivity index (χ2n) is 8.04. The van der Waals surface area contributed by atoms with E-state index in [-0.39, 0.29) is 32.0 Å². The van der Waals surface area contributed by atoms with Crippen LogP contribution in [-0.4, -0.2) is 80.7 Å². The topological polar surface area (TPSA) is 102 Å². The van der Waals surface area contributed by atoms with Crippen LogP contribution < -0.4 is 10.2 Å². The minimum absolute atomic E-state index is 0.103. The molecule has 10 nitrogen and oxygen atoms in total. The monoisotopic (exact) mass is 450 g/mol. The van der Waals surface area contributed by atoms with Crippen LogP contribution in [-0.2, 0) is 7.05 Å². The van der Waals surface area contributed by atoms with Crippen molar-refractivity contribution in [3.8, 4) is 11.3 Å². The summed E-state index contributed by atoms with van der Waals surface area (Å²) in [6, 6.07) is 10.4. The number of nitrogens with zero attached hydrogens (tertiary/aromatic N) is 8. The van der Waals surface area contributed by atoms with Crippen LogP contribution in [0.2, 0.25) is 0 Å². The molecule has 1 aliphatic rings. The zero-order chi connectivity index (χ0) is 28.0. The van der Waals surface area contributed by atoms with Crippen molar-refractivity contribution >= 4 is 28.4 Å². The largest absolute Gasteiger partial charge is 0.345 e. The fourth-order valence-corrected chi connectivity index (χ4v) is 3.70. The number of likely N-dealkylation sites (N-methyl/N-ethyl adjacent to an activating group) is 1. The average Bonchev–Trinajstić information content (AvgIpc) is 3.33. The molecule has 4 aromatic rings. The Kier molecular flexibility index (Phi) is 3.74. The Morgan fingerprint density at radius 3 is 2.70 bits per heavy atom. The normalized spacial score (nSPS) is 19.0. The molecule has 1 aliphatic heterocycles. The number of pyridine rings is 1. The first-order valence-electron chi connectivity index (χ1n) is 13.4. The number of carbonyl (C=O) groups excluding carboxylic acids is 1. The van der Waals surface area contributed by atoms with Crippen molar-refractivity contribution in [2.75, 3.05) is 50.3 Å². The van der Waals surface area contributed by atoms with Gasteiger partial charge in [-0.1, -0.05) is 11.3 Å². The summed E-state index contributed by atoms with van der Waals surface area (Å²) in [5.74, 6) is 0.289. The number of nitrogens with one attached hydrogen (secondary N) is 1. The highest BCUT2D eigenvalue weighted by Crippen LogP contribution is 2.23. The smallest absolute Gasteiger partial charge is 0.257 e. The first kappa shape index (κ1) is 15.0. The maximum absolute atomic E-state index is 13.0. The van der Waals surface area contributed by atoms with Gasteiger partial charge in [0.2, 0.25) is 0 Å². The van der Waals surface area contributed by atoms with Crippen molar-refractivity contribution < 1.29 is 17.5 Å². The molecular weight excluding hydrogens is 418 g/mol. The number of carbonyl (C=O) groups is 1. The zero-order valence-corrected chi connectivity index (χ0v) is 17.9. The molecule has 1 fully saturated rings. The van der Waals surface area contributed by atoms with Crippen molar-refractivity contribution in [2.24, 2.45) is 7.05 Å². The number of hydrogen-bond donors (Lipinski definition) is 1. The molecule has 0 spiro atoms. The molecule has 1 saturated heterocycles. The molecule has 168 valence electrons. The van der Waals surface area contributed by atoms with Crippen molar-refractivity contribution in [1.29, 1.82) is 0 Å². The van der Waals surface area contributed by atoms with E-state index in [4.69, 9.17) is 8.22 Å². The standard InChI is InChI=1S/C23H25N9O/c1-30-15-20(27-29-30)16-4-5-19-18(12-16)13-21(28-26-19)25-23(33)17-6-7-24-22(14-17)31-8-10-32(2,3)11-9-31/h4-7,12-15H,8-11H2,1-3H3/p+1/i2D3,3D3. The van der Waals surface area contributed by atoms with Crippen LogP contribution in [0.5, 0.6) is 0 Å². The third-order valence-corrected chi connectivity index (χ3v) is 5.56. The van der Waals surface area contributed by atoms with E-state index in [1.807, 2.05) is 18.2 Å². The minimum Gasteiger partial charge on any atom is -0.345 e. The van der Waals surface area contributed by atoms with Gasteiger partial charge in [-0.05, 0) is 30.3 Å². The van der Waals surface area contributed by atoms with E-state index in [0.717, 1.165) is 10.9 Å². The molecule has 1 amide bonds. The van der Waals surface area contributed by atoms with Crippen molar-refractivity contribution in [3.63, 3.8) is 0 Å². The van der Waals surface area contributed by atoms with Gasteiger partial charge in [-0.3, -0.25) is 9.48 Å². The molecule has 0 unspecified atom stereocenters. The maximum Gasteiger partial charge on any atom is 0.257 e. The van der Waals surface area contributed by atoms with Crippen molar-refractivity contribution in [1.82, 2.24) is 30.2 Å². The van der Waals surface area contributed by atoms with Gasteiger partial charge in [0.05, 0.1) is 60.1 Å². The van der Waals surface area contributed by atoms with Crippen LogP contribution in [0.15, 0.2) is 48.8 Å². The van der Waals surface area contributed by atoms with Crippen LogP contribution >= 0.6 is 0 Å². The van der Waals surface area contributed by atoms with E-state index in [1.54, 1.807) is 41.0 Å². The summed E-state index contributed by atoms with van der Waals surface area (Å²) >= 11 is 0. The Morgan fingerprint density at radius 1 is 1.09 bits per heavy atom. The van der Waals surface area contributed by atoms with Crippen LogP contribution in [0.4, 0.5) is 11.6 Å². The number of piperazine rings is 1. The molecule has 0 atom stereocenters. The lowest BCUT2D eigenvalue weighted by Gasteiger charge is -2.39. The molecule has 33 heavy (non-hydrogen) atoms. The lowest BCUT2D eigenvalue weighted by atomic mass is 10.1. The van der Waals surface area contributed by atoms with Gasteiger partial charge in [-0.15, -0.1) is 15.3 Å². The Morgan fingerprint density at radius 2 is 1.94 bits per heavy atom. The summed E-state index contributed by atoms with van der Waals surface area (Å²) in [7, 11) is 1.79. The third kappa shape index (κ3) is 4.51. The molecular formula is C23H26N9O+. The van der Waals surface area contributed by atoms with Gasteiger partial charge >= 0.3 is 0 Å². The second-order valence-corrected chi connectivity index (χ2v) is 8.04. The number of quaternary nitrogens is 1. The molecule has 5 rings (SSSR count). The SMILES string of the molecule is [2H]C([2H])([2H])[N+]1(C([2H])([2H])[2H])CCN(c2cc(C(=O)Nc3cc4cc(-c5cn(C)nn5)ccc4nn3)ccn2)CC1. The van der Waals surface area contributed by atoms with E-state index >= 15 is 0 Å². The maximum atomic E-state index is 13.0. The second kappa shape index (κ2) is 8.21. The first-order valence-corrected chi connectivity index (χ1v) is 10.4. The average molecular weight is 451 g/mol. The minimum atomic E-state index is -2.68. The Hall–Kier alpha value is -3.92. The molecule has 0 radical (unpaired) electrons. The van der Waals surface area contributed by atoms with Crippen molar-refractivity contribution in [3.05, 3.63) is 54.4 Å². The summed E-state index contributed by atoms with van der Waals surface area (Å²) in [5.41, 5.74) is 2.52. The van der Waals surface area contributed by atoms with Gasteiger partial charge in [0.15, 0.2) is 5.82 Å². The number of aryl methyl sites for hydroxylation is 1. The van der Waals surface area contributed by atoms with E-state index in [2.05, 4.69) is 30.8 Å². The van der Waals surface area contributed by atoms with Crippen LogP contribution in [0, 0.1) is 0 Å². The van der Waals surface area contributed by atoms with Gasteiger partial charge in [-0.25, -0.2) is 4.98 Å². The number of aromatic nitrogens is 6. The number of rotatable bonds is 4. The summed E-state index contributed by atoms with van der Waals surface area (Å²) < 4.78 is 47.7. The summed E-state index contributed by atoms with van der Waals surface area (Å²) in [5, 5.41) is 19.9. The van der Waals surface area contributed by atoms with Gasteiger partial charge < -0.3 is 14.7 Å². The summed E-state index contributed by atoms with van der Waals surface area (Å²) in [6.07, 6.45) is 3.28. The molecule has 0 saturated carbocycles. The number of hydrogen-bond acceptors (Lipinski definition) is 7. The van der Waals surface area contributed by atoms with E-state index in [1.165, 1.54) is 6.20 Å². The predicted molar refractivity (Wildman–Crippen MR) is 126 cm³/mol. The molecule has 1 N–H and O–H groups in total. The molecule has 4 heterocycles. The van der Waals surface area contributed by atoms with E-state index in [9.17, 15) is 4.79 Å². The van der Waals surface area contributed by atoms with Gasteiger partial charge in [0.25, 0.3) is 5.91 Å². The van der Waals surface area contributed by atoms with Crippen LogP contribution in [0.3, 0.4) is 0 Å². The molecule has 3 aromatic heterocycles. The number of fused-ring (bicyclic) bond motifs is 1. The van der Waals surface area contributed by atoms with Gasteiger partial charge in [-0.2, -0.15) is 0 Å². The fraction of sp³-hybridized carbons (Fsp3) is 0.304. The first-order chi connectivity index (χ1) is 18.4. The number of anilines is 2. The predicted octanol–water partition coefficient (Wildman–Crippen LogP) is 1.97. The quantitative estimate of drug-likeness (QED) is 0.474. The number of benzene rings is 1. The fourth-order valence-electron chi connectivity index (χ4n) is 3.70. The highest BCUT2D eigenvalue weighted by molar-refractivity contribution is 6.04. The highest BCUT2D eigenvalue weighted by Gasteiger charge is 2.25. The highest BCUT2D eigenvalue weighted by atomic mass is 16.1. The zero-order valence-electron chi connectivity index (χ0n) is 23.9. The Labute approximate surface area is 199 Å². The van der Waals surface area contributed by atoms with Crippen molar-refractivity contribution in [2.45, 2.75) is 0 Å². The van der Waals surface area contributed by atoms with Gasteiger partial charge in [0, 0.05) is 29.8 Å². The van der Waals surface area contributed by atoms with E-state index < -0.39 is 24.3 Å². The van der Waals surface area contributed by atoms with Gasteiger partial charge in [0.1, 0.15) is 11.5 Å². The molecule has 0 bridgehead atoms. The van der Waals surface area contributed by atoms with Crippen LogP contribution in [0.1, 0.15) is 18.6 Å². The Balaban J connectivity index is 1.32. The molecule has 0 aliphatic carbocycles. The third-order valence-electron chi connectivity index (χ3n) is 5.56. The summed E-state index contributed by atoms with van der Waals surface area (Å²) in [6.45, 7) is -5.23. The molecule has 10 heteroatoms. The Bertz CT molecular complexity index is 1510. The van der Waals surface area contributed by atoms with E-state index in [0.29, 0.717) is 22.6 Å². The number of amides is 1. The lowest BCUT2D eigenvalue weighted by molar-refractivity contribution is -0.890. The lowest BCUT2D eigenvalue weighted by Crippen LogP contribution is -2.55.